The topological polar surface area (TPSA) is 39.7 Å². The third-order valence-corrected chi connectivity index (χ3v) is 4.46. The monoisotopic (exact) mass is 282 g/mol. The number of aryl methyl sites for hydroxylation is 1. The molecule has 2 amide bonds. The van der Waals surface area contributed by atoms with Crippen LogP contribution in [0.15, 0.2) is 0 Å². The molecule has 0 N–H and O–H groups in total. The van der Waals surface area contributed by atoms with Crippen molar-refractivity contribution >= 4 is 22.6 Å². The molecule has 0 unspecified atom stereocenters. The molecule has 1 aliphatic heterocycles. The summed E-state index contributed by atoms with van der Waals surface area (Å²) in [5.74, 6) is 0. The predicted molar refractivity (Wildman–Crippen MR) is 78.6 cm³/mol. The Hall–Kier alpha value is -1.14. The van der Waals surface area contributed by atoms with Crippen molar-refractivity contribution in [3.8, 4) is 0 Å². The normalized spacial score (nSPS) is 17.7. The molecule has 1 saturated heterocycles. The summed E-state index contributed by atoms with van der Waals surface area (Å²) >= 11 is 1.43. The van der Waals surface area contributed by atoms with Crippen LogP contribution in [0, 0.1) is 6.92 Å². The van der Waals surface area contributed by atoms with Crippen molar-refractivity contribution in [1.29, 1.82) is 0 Å². The second-order valence-electron chi connectivity index (χ2n) is 5.33. The van der Waals surface area contributed by atoms with E-state index in [-0.39, 0.29) is 12.1 Å². The number of urea groups is 1. The van der Waals surface area contributed by atoms with Gasteiger partial charge < -0.3 is 4.90 Å². The highest BCUT2D eigenvalue weighted by atomic mass is 32.1. The van der Waals surface area contributed by atoms with Crippen LogP contribution in [0.3, 0.4) is 0 Å². The van der Waals surface area contributed by atoms with Crippen molar-refractivity contribution in [2.24, 2.45) is 0 Å². The number of carbonyl (C=O) groups is 1. The Morgan fingerprint density at radius 2 is 2.05 bits per heavy atom. The molecular weight excluding hydrogens is 260 g/mol. The zero-order valence-electron chi connectivity index (χ0n) is 12.3. The van der Waals surface area contributed by atoms with E-state index in [1.54, 1.807) is 0 Å². The maximum absolute atomic E-state index is 12.6. The van der Waals surface area contributed by atoms with Gasteiger partial charge in [-0.05, 0) is 45.8 Å². The highest BCUT2D eigenvalue weighted by Gasteiger charge is 2.33. The van der Waals surface area contributed by atoms with Crippen LogP contribution in [-0.2, 0) is 6.42 Å². The molecule has 0 aromatic carbocycles. The van der Waals surface area contributed by atoms with Crippen molar-refractivity contribution in [3.63, 3.8) is 0 Å². The molecule has 0 radical (unpaired) electrons. The van der Waals surface area contributed by atoms with Crippen LogP contribution in [0.4, 0.5) is 9.80 Å². The smallest absolute Gasteiger partial charge is 0.309 e. The van der Waals surface area contributed by atoms with E-state index >= 15 is 0 Å². The van der Waals surface area contributed by atoms with Gasteiger partial charge in [-0.1, -0.05) is 6.92 Å². The van der Waals surface area contributed by atoms with Gasteiger partial charge >= 0.3 is 6.03 Å². The summed E-state index contributed by atoms with van der Waals surface area (Å²) in [5.41, 5.74) is 2.23. The molecule has 19 heavy (non-hydrogen) atoms. The lowest BCUT2D eigenvalue weighted by Gasteiger charge is -2.42. The first kappa shape index (κ1) is 14.3. The zero-order valence-corrected chi connectivity index (χ0v) is 13.1. The molecule has 0 aliphatic carbocycles. The van der Waals surface area contributed by atoms with Gasteiger partial charge in [0.1, 0.15) is 5.00 Å². The van der Waals surface area contributed by atoms with Crippen LogP contribution in [-0.4, -0.2) is 46.6 Å². The number of anilines is 1. The second kappa shape index (κ2) is 5.46. The van der Waals surface area contributed by atoms with Gasteiger partial charge in [0.15, 0.2) is 0 Å². The Bertz CT molecular complexity index is 471. The second-order valence-corrected chi connectivity index (χ2v) is 6.08. The first-order valence-corrected chi connectivity index (χ1v) is 7.44. The fourth-order valence-electron chi connectivity index (χ4n) is 2.30. The number of hydrogen-bond acceptors (Lipinski definition) is 4. The minimum Gasteiger partial charge on any atom is -0.309 e. The van der Waals surface area contributed by atoms with Gasteiger partial charge in [0.2, 0.25) is 0 Å². The highest BCUT2D eigenvalue weighted by Crippen LogP contribution is 2.31. The SMILES string of the molecule is CCc1nsc(N2CN(C)CN(C(C)C)C2=O)c1C. The summed E-state index contributed by atoms with van der Waals surface area (Å²) < 4.78 is 4.45. The van der Waals surface area contributed by atoms with E-state index in [2.05, 4.69) is 23.1 Å². The summed E-state index contributed by atoms with van der Waals surface area (Å²) in [5, 5.41) is 0.985. The summed E-state index contributed by atoms with van der Waals surface area (Å²) in [7, 11) is 2.03. The van der Waals surface area contributed by atoms with E-state index < -0.39 is 0 Å². The van der Waals surface area contributed by atoms with Crippen LogP contribution in [0.2, 0.25) is 0 Å². The van der Waals surface area contributed by atoms with Gasteiger partial charge in [-0.2, -0.15) is 4.37 Å². The molecule has 6 heteroatoms. The Labute approximate surface area is 119 Å². The molecule has 0 bridgehead atoms. The molecule has 0 atom stereocenters. The molecular formula is C13H22N4OS. The predicted octanol–water partition coefficient (Wildman–Crippen LogP) is 2.51. The maximum Gasteiger partial charge on any atom is 0.327 e. The molecule has 2 heterocycles. The van der Waals surface area contributed by atoms with Crippen molar-refractivity contribution in [3.05, 3.63) is 11.3 Å². The van der Waals surface area contributed by atoms with Crippen LogP contribution < -0.4 is 4.90 Å². The Morgan fingerprint density at radius 3 is 2.58 bits per heavy atom. The first-order chi connectivity index (χ1) is 8.95. The van der Waals surface area contributed by atoms with Crippen LogP contribution in [0.1, 0.15) is 32.0 Å². The zero-order chi connectivity index (χ0) is 14.2. The number of hydrogen-bond donors (Lipinski definition) is 0. The maximum atomic E-state index is 12.6. The van der Waals surface area contributed by atoms with Crippen molar-refractivity contribution in [1.82, 2.24) is 14.2 Å². The van der Waals surface area contributed by atoms with Crippen LogP contribution >= 0.6 is 11.5 Å². The lowest BCUT2D eigenvalue weighted by Crippen LogP contribution is -2.59. The van der Waals surface area contributed by atoms with Gasteiger partial charge in [0.25, 0.3) is 0 Å². The van der Waals surface area contributed by atoms with Crippen molar-refractivity contribution in [2.75, 3.05) is 25.3 Å². The molecule has 2 rings (SSSR count). The highest BCUT2D eigenvalue weighted by molar-refractivity contribution is 7.10. The molecule has 106 valence electrons. The molecule has 1 aromatic heterocycles. The molecule has 1 aliphatic rings. The minimum absolute atomic E-state index is 0.0857. The quantitative estimate of drug-likeness (QED) is 0.855. The van der Waals surface area contributed by atoms with Gasteiger partial charge in [-0.25, -0.2) is 4.79 Å². The van der Waals surface area contributed by atoms with E-state index in [1.165, 1.54) is 11.5 Å². The van der Waals surface area contributed by atoms with Crippen molar-refractivity contribution in [2.45, 2.75) is 40.2 Å². The van der Waals surface area contributed by atoms with E-state index in [1.807, 2.05) is 30.7 Å². The van der Waals surface area contributed by atoms with Gasteiger partial charge in [-0.3, -0.25) is 9.80 Å². The van der Waals surface area contributed by atoms with Gasteiger partial charge in [-0.15, -0.1) is 0 Å². The molecule has 1 aromatic rings. The van der Waals surface area contributed by atoms with Gasteiger partial charge in [0.05, 0.1) is 19.0 Å². The Balaban J connectivity index is 2.31. The molecule has 5 nitrogen and oxygen atoms in total. The number of rotatable bonds is 3. The number of amides is 2. The fraction of sp³-hybridized carbons (Fsp3) is 0.692. The van der Waals surface area contributed by atoms with E-state index in [0.717, 1.165) is 22.7 Å². The summed E-state index contributed by atoms with van der Waals surface area (Å²) in [6.07, 6.45) is 0.911. The molecule has 0 spiro atoms. The summed E-state index contributed by atoms with van der Waals surface area (Å²) in [6.45, 7) is 9.56. The fourth-order valence-corrected chi connectivity index (χ4v) is 3.25. The number of carbonyl (C=O) groups excluding carboxylic acids is 1. The third-order valence-electron chi connectivity index (χ3n) is 3.45. The first-order valence-electron chi connectivity index (χ1n) is 6.67. The standard InChI is InChI=1S/C13H22N4OS/c1-6-11-10(4)12(19-14-11)17-8-15(5)7-16(9(2)3)13(17)18/h9H,6-8H2,1-5H3. The van der Waals surface area contributed by atoms with Crippen molar-refractivity contribution < 1.29 is 4.79 Å². The lowest BCUT2D eigenvalue weighted by atomic mass is 10.2. The van der Waals surface area contributed by atoms with Gasteiger partial charge in [0, 0.05) is 11.6 Å². The average Bonchev–Trinajstić information content (AvgIpc) is 2.72. The van der Waals surface area contributed by atoms with E-state index in [0.29, 0.717) is 13.3 Å². The number of aromatic nitrogens is 1. The average molecular weight is 282 g/mol. The van der Waals surface area contributed by atoms with E-state index in [9.17, 15) is 4.79 Å². The third kappa shape index (κ3) is 2.60. The largest absolute Gasteiger partial charge is 0.327 e. The molecule has 0 saturated carbocycles. The molecule has 1 fully saturated rings. The summed E-state index contributed by atoms with van der Waals surface area (Å²) in [6, 6.07) is 0.291. The Kier molecular flexibility index (Phi) is 4.10. The minimum atomic E-state index is 0.0857. The van der Waals surface area contributed by atoms with Crippen LogP contribution in [0.5, 0.6) is 0 Å². The summed E-state index contributed by atoms with van der Waals surface area (Å²) in [4.78, 5) is 18.4. The van der Waals surface area contributed by atoms with Crippen LogP contribution in [0.25, 0.3) is 0 Å². The Morgan fingerprint density at radius 1 is 1.37 bits per heavy atom. The number of nitrogens with zero attached hydrogens (tertiary/aromatic N) is 4. The van der Waals surface area contributed by atoms with E-state index in [4.69, 9.17) is 0 Å². The lowest BCUT2D eigenvalue weighted by molar-refractivity contribution is 0.114.